The summed E-state index contributed by atoms with van der Waals surface area (Å²) in [4.78, 5) is 25.3. The number of rotatable bonds is 7. The van der Waals surface area contributed by atoms with Crippen LogP contribution >= 0.6 is 0 Å². The van der Waals surface area contributed by atoms with Gasteiger partial charge in [0.2, 0.25) is 11.7 Å². The Morgan fingerprint density at radius 3 is 3.06 bits per heavy atom. The first kappa shape index (κ1) is 13.8. The predicted octanol–water partition coefficient (Wildman–Crippen LogP) is 0.164. The van der Waals surface area contributed by atoms with Crippen LogP contribution in [-0.4, -0.2) is 42.6 Å². The van der Waals surface area contributed by atoms with Crippen LogP contribution in [0.1, 0.15) is 0 Å². The Bertz CT molecular complexity index is 424. The Morgan fingerprint density at radius 1 is 1.61 bits per heavy atom. The molecule has 1 aromatic heterocycles. The lowest BCUT2D eigenvalue weighted by molar-refractivity contribution is -0.384. The molecule has 0 aliphatic rings. The third-order valence-electron chi connectivity index (χ3n) is 2.03. The number of carbonyl (C=O) groups excluding carboxylic acids is 1. The average Bonchev–Trinajstić information content (AvgIpc) is 2.37. The molecule has 8 heteroatoms. The molecular weight excluding hydrogens is 240 g/mol. The van der Waals surface area contributed by atoms with Crippen LogP contribution in [0.2, 0.25) is 0 Å². The lowest BCUT2D eigenvalue weighted by Gasteiger charge is -2.06. The van der Waals surface area contributed by atoms with Gasteiger partial charge in [0.15, 0.2) is 0 Å². The summed E-state index contributed by atoms with van der Waals surface area (Å²) >= 11 is 0. The minimum absolute atomic E-state index is 0.0735. The number of nitrogens with one attached hydrogen (secondary N) is 2. The number of nitro groups is 1. The molecule has 1 aromatic rings. The first-order valence-electron chi connectivity index (χ1n) is 5.24. The highest BCUT2D eigenvalue weighted by Gasteiger charge is 2.14. The summed E-state index contributed by atoms with van der Waals surface area (Å²) in [5.41, 5.74) is -0.165. The van der Waals surface area contributed by atoms with Crippen molar-refractivity contribution in [3.8, 4) is 0 Å². The minimum Gasteiger partial charge on any atom is -0.383 e. The molecule has 1 heterocycles. The summed E-state index contributed by atoms with van der Waals surface area (Å²) in [6.45, 7) is 0.721. The van der Waals surface area contributed by atoms with Crippen molar-refractivity contribution >= 4 is 17.4 Å². The maximum Gasteiger partial charge on any atom is 0.311 e. The van der Waals surface area contributed by atoms with Crippen molar-refractivity contribution in [2.75, 3.05) is 32.1 Å². The van der Waals surface area contributed by atoms with Gasteiger partial charge in [0, 0.05) is 25.9 Å². The summed E-state index contributed by atoms with van der Waals surface area (Å²) < 4.78 is 4.77. The summed E-state index contributed by atoms with van der Waals surface area (Å²) in [5, 5.41) is 15.9. The van der Waals surface area contributed by atoms with Gasteiger partial charge in [0.1, 0.15) is 0 Å². The summed E-state index contributed by atoms with van der Waals surface area (Å²) in [7, 11) is 1.53. The van der Waals surface area contributed by atoms with Crippen molar-refractivity contribution in [1.29, 1.82) is 0 Å². The van der Waals surface area contributed by atoms with Gasteiger partial charge in [-0.1, -0.05) is 0 Å². The number of nitrogens with zero attached hydrogens (tertiary/aromatic N) is 2. The topological polar surface area (TPSA) is 106 Å². The van der Waals surface area contributed by atoms with Gasteiger partial charge >= 0.3 is 5.69 Å². The quantitative estimate of drug-likeness (QED) is 0.408. The van der Waals surface area contributed by atoms with E-state index in [0.717, 1.165) is 0 Å². The molecule has 0 aliphatic heterocycles. The number of methoxy groups -OCH3 is 1. The fraction of sp³-hybridized carbons (Fsp3) is 0.400. The average molecular weight is 254 g/mol. The molecule has 0 fully saturated rings. The molecule has 0 atom stereocenters. The minimum atomic E-state index is -0.557. The van der Waals surface area contributed by atoms with Crippen LogP contribution in [0, 0.1) is 10.1 Å². The molecule has 2 N–H and O–H groups in total. The lowest BCUT2D eigenvalue weighted by atomic mass is 10.4. The highest BCUT2D eigenvalue weighted by Crippen LogP contribution is 2.19. The Hall–Kier alpha value is -2.22. The maximum atomic E-state index is 11.3. The van der Waals surface area contributed by atoms with Gasteiger partial charge in [-0.25, -0.2) is 4.98 Å². The maximum absolute atomic E-state index is 11.3. The highest BCUT2D eigenvalue weighted by atomic mass is 16.6. The standard InChI is InChI=1S/C10H14N4O4/c1-18-6-5-11-9(15)7-13-10-8(14(16)17)3-2-4-12-10/h2-4H,5-7H2,1H3,(H,11,15)(H,12,13). The summed E-state index contributed by atoms with van der Waals surface area (Å²) in [6, 6.07) is 2.78. The van der Waals surface area contributed by atoms with E-state index in [0.29, 0.717) is 13.2 Å². The molecule has 0 unspecified atom stereocenters. The van der Waals surface area contributed by atoms with Crippen LogP contribution < -0.4 is 10.6 Å². The molecule has 0 aliphatic carbocycles. The molecule has 0 radical (unpaired) electrons. The second-order valence-corrected chi connectivity index (χ2v) is 3.32. The monoisotopic (exact) mass is 254 g/mol. The molecule has 1 amide bonds. The zero-order chi connectivity index (χ0) is 13.4. The van der Waals surface area contributed by atoms with E-state index in [9.17, 15) is 14.9 Å². The second-order valence-electron chi connectivity index (χ2n) is 3.32. The van der Waals surface area contributed by atoms with E-state index in [-0.39, 0.29) is 24.0 Å². The van der Waals surface area contributed by atoms with Gasteiger partial charge in [0.05, 0.1) is 18.1 Å². The molecule has 18 heavy (non-hydrogen) atoms. The van der Waals surface area contributed by atoms with E-state index in [2.05, 4.69) is 15.6 Å². The van der Waals surface area contributed by atoms with Crippen molar-refractivity contribution in [1.82, 2.24) is 10.3 Å². The van der Waals surface area contributed by atoms with Crippen molar-refractivity contribution < 1.29 is 14.5 Å². The van der Waals surface area contributed by atoms with Gasteiger partial charge in [-0.2, -0.15) is 0 Å². The van der Waals surface area contributed by atoms with Crippen molar-refractivity contribution in [3.05, 3.63) is 28.4 Å². The molecule has 0 bridgehead atoms. The number of anilines is 1. The van der Waals surface area contributed by atoms with Crippen LogP contribution in [0.15, 0.2) is 18.3 Å². The van der Waals surface area contributed by atoms with Gasteiger partial charge in [-0.05, 0) is 6.07 Å². The van der Waals surface area contributed by atoms with Crippen LogP contribution in [0.25, 0.3) is 0 Å². The molecule has 98 valence electrons. The van der Waals surface area contributed by atoms with Crippen molar-refractivity contribution in [3.63, 3.8) is 0 Å². The van der Waals surface area contributed by atoms with Crippen LogP contribution in [0.4, 0.5) is 11.5 Å². The summed E-state index contributed by atoms with van der Waals surface area (Å²) in [6.07, 6.45) is 1.41. The fourth-order valence-corrected chi connectivity index (χ4v) is 1.20. The second kappa shape index (κ2) is 7.17. The number of hydrogen-bond acceptors (Lipinski definition) is 6. The van der Waals surface area contributed by atoms with Crippen LogP contribution in [0.5, 0.6) is 0 Å². The smallest absolute Gasteiger partial charge is 0.311 e. The van der Waals surface area contributed by atoms with Gasteiger partial charge in [-0.15, -0.1) is 0 Å². The Labute approximate surface area is 104 Å². The highest BCUT2D eigenvalue weighted by molar-refractivity contribution is 5.81. The lowest BCUT2D eigenvalue weighted by Crippen LogP contribution is -2.32. The van der Waals surface area contributed by atoms with Crippen LogP contribution in [0.3, 0.4) is 0 Å². The first-order chi connectivity index (χ1) is 8.65. The Kier molecular flexibility index (Phi) is 5.52. The van der Waals surface area contributed by atoms with E-state index in [1.54, 1.807) is 0 Å². The van der Waals surface area contributed by atoms with Crippen LogP contribution in [-0.2, 0) is 9.53 Å². The Balaban J connectivity index is 2.48. The third-order valence-corrected chi connectivity index (χ3v) is 2.03. The SMILES string of the molecule is COCCNC(=O)CNc1ncccc1[N+](=O)[O-]. The van der Waals surface area contributed by atoms with Gasteiger partial charge in [0.25, 0.3) is 0 Å². The van der Waals surface area contributed by atoms with E-state index in [1.807, 2.05) is 0 Å². The van der Waals surface area contributed by atoms with E-state index >= 15 is 0 Å². The largest absolute Gasteiger partial charge is 0.383 e. The molecule has 0 spiro atoms. The summed E-state index contributed by atoms with van der Waals surface area (Å²) in [5.74, 6) is -0.212. The zero-order valence-electron chi connectivity index (χ0n) is 9.88. The molecule has 8 nitrogen and oxygen atoms in total. The number of aromatic nitrogens is 1. The molecule has 0 saturated heterocycles. The first-order valence-corrected chi connectivity index (χ1v) is 5.24. The van der Waals surface area contributed by atoms with E-state index in [4.69, 9.17) is 4.74 Å². The molecule has 0 aromatic carbocycles. The van der Waals surface area contributed by atoms with E-state index < -0.39 is 4.92 Å². The Morgan fingerprint density at radius 2 is 2.39 bits per heavy atom. The molecular formula is C10H14N4O4. The normalized spacial score (nSPS) is 9.83. The number of hydrogen-bond donors (Lipinski definition) is 2. The fourth-order valence-electron chi connectivity index (χ4n) is 1.20. The zero-order valence-corrected chi connectivity index (χ0v) is 9.88. The third kappa shape index (κ3) is 4.34. The number of ether oxygens (including phenoxy) is 1. The number of pyridine rings is 1. The van der Waals surface area contributed by atoms with Gasteiger partial charge < -0.3 is 15.4 Å². The van der Waals surface area contributed by atoms with Crippen molar-refractivity contribution in [2.45, 2.75) is 0 Å². The molecule has 1 rings (SSSR count). The molecule has 0 saturated carbocycles. The number of amides is 1. The van der Waals surface area contributed by atoms with Crippen molar-refractivity contribution in [2.24, 2.45) is 0 Å². The predicted molar refractivity (Wildman–Crippen MR) is 64.3 cm³/mol. The van der Waals surface area contributed by atoms with Gasteiger partial charge in [-0.3, -0.25) is 14.9 Å². The van der Waals surface area contributed by atoms with E-state index in [1.165, 1.54) is 25.4 Å². The number of carbonyl (C=O) groups is 1.